The van der Waals surface area contributed by atoms with Gasteiger partial charge >= 0.3 is 6.09 Å². The number of ether oxygens (including phenoxy) is 3. The van der Waals surface area contributed by atoms with Gasteiger partial charge in [-0.3, -0.25) is 4.90 Å². The smallest absolute Gasteiger partial charge is 0.413 e. The molecule has 41 heavy (non-hydrogen) atoms. The molecule has 0 spiro atoms. The van der Waals surface area contributed by atoms with E-state index >= 15 is 4.39 Å². The molecule has 1 saturated heterocycles. The van der Waals surface area contributed by atoms with E-state index in [0.717, 1.165) is 5.56 Å². The summed E-state index contributed by atoms with van der Waals surface area (Å²) in [5, 5.41) is 10.1. The minimum atomic E-state index is -0.907. The summed E-state index contributed by atoms with van der Waals surface area (Å²) in [4.78, 5) is 20.7. The molecule has 0 N–H and O–H groups in total. The molecule has 3 heterocycles. The van der Waals surface area contributed by atoms with Crippen LogP contribution < -0.4 is 9.64 Å². The van der Waals surface area contributed by atoms with E-state index < -0.39 is 29.3 Å². The Morgan fingerprint density at radius 3 is 2.56 bits per heavy atom. The van der Waals surface area contributed by atoms with Crippen LogP contribution in [-0.2, 0) is 9.47 Å². The highest BCUT2D eigenvalue weighted by Gasteiger charge is 2.46. The third kappa shape index (κ3) is 7.20. The SMILES string of the molecule is CC(C)N(C)c1cc(-c2nnc(-c3cc(F)c(OC[C@H]4COC(C)(C)N4C(=O)OC(C)(C)C)cc3Cl)s2)cc(Cl)n1. The maximum atomic E-state index is 15.2. The van der Waals surface area contributed by atoms with Crippen molar-refractivity contribution in [3.63, 3.8) is 0 Å². The first kappa shape index (κ1) is 31.2. The lowest BCUT2D eigenvalue weighted by Gasteiger charge is -2.35. The molecule has 0 radical (unpaired) electrons. The third-order valence-electron chi connectivity index (χ3n) is 6.44. The zero-order valence-electron chi connectivity index (χ0n) is 24.3. The highest BCUT2D eigenvalue weighted by atomic mass is 35.5. The van der Waals surface area contributed by atoms with Crippen molar-refractivity contribution in [3.05, 3.63) is 40.3 Å². The number of pyridine rings is 1. The van der Waals surface area contributed by atoms with E-state index in [1.807, 2.05) is 18.0 Å². The molecule has 222 valence electrons. The number of amides is 1. The molecule has 1 fully saturated rings. The minimum Gasteiger partial charge on any atom is -0.488 e. The highest BCUT2D eigenvalue weighted by Crippen LogP contribution is 2.38. The Bertz CT molecular complexity index is 1430. The number of rotatable bonds is 7. The van der Waals surface area contributed by atoms with Gasteiger partial charge in [-0.15, -0.1) is 10.2 Å². The van der Waals surface area contributed by atoms with Crippen LogP contribution in [0.4, 0.5) is 15.0 Å². The van der Waals surface area contributed by atoms with E-state index in [1.165, 1.54) is 28.4 Å². The Morgan fingerprint density at radius 2 is 1.90 bits per heavy atom. The normalized spacial score (nSPS) is 16.8. The Kier molecular flexibility index (Phi) is 9.04. The second-order valence-corrected chi connectivity index (χ2v) is 13.3. The molecule has 0 unspecified atom stereocenters. The Hall–Kier alpha value is -2.73. The van der Waals surface area contributed by atoms with E-state index in [-0.39, 0.29) is 30.0 Å². The average molecular weight is 627 g/mol. The lowest BCUT2D eigenvalue weighted by atomic mass is 10.2. The number of carbonyl (C=O) groups is 1. The quantitative estimate of drug-likeness (QED) is 0.252. The zero-order chi connectivity index (χ0) is 30.3. The number of benzene rings is 1. The highest BCUT2D eigenvalue weighted by molar-refractivity contribution is 7.18. The molecule has 0 aliphatic carbocycles. The van der Waals surface area contributed by atoms with E-state index in [9.17, 15) is 4.79 Å². The first-order valence-electron chi connectivity index (χ1n) is 13.1. The molecule has 0 saturated carbocycles. The largest absolute Gasteiger partial charge is 0.488 e. The summed E-state index contributed by atoms with van der Waals surface area (Å²) >= 11 is 14.1. The summed E-state index contributed by atoms with van der Waals surface area (Å²) in [7, 11) is 1.93. The van der Waals surface area contributed by atoms with Gasteiger partial charge in [-0.05, 0) is 66.7 Å². The van der Waals surface area contributed by atoms with Crippen molar-refractivity contribution in [1.29, 1.82) is 0 Å². The molecular weight excluding hydrogens is 592 g/mol. The van der Waals surface area contributed by atoms with Gasteiger partial charge in [0.15, 0.2) is 11.6 Å². The molecule has 9 nitrogen and oxygen atoms in total. The van der Waals surface area contributed by atoms with E-state index in [1.54, 1.807) is 40.7 Å². The summed E-state index contributed by atoms with van der Waals surface area (Å²) in [6.45, 7) is 13.2. The zero-order valence-corrected chi connectivity index (χ0v) is 26.6. The number of anilines is 1. The lowest BCUT2D eigenvalue weighted by Crippen LogP contribution is -2.51. The predicted octanol–water partition coefficient (Wildman–Crippen LogP) is 7.31. The van der Waals surface area contributed by atoms with Crippen molar-refractivity contribution in [2.75, 3.05) is 25.2 Å². The second-order valence-electron chi connectivity index (χ2n) is 11.5. The number of nitrogens with zero attached hydrogens (tertiary/aromatic N) is 5. The molecule has 3 aromatic rings. The molecule has 1 aliphatic heterocycles. The topological polar surface area (TPSA) is 89.9 Å². The minimum absolute atomic E-state index is 0.0197. The molecule has 13 heteroatoms. The predicted molar refractivity (Wildman–Crippen MR) is 159 cm³/mol. The number of hydrogen-bond acceptors (Lipinski definition) is 9. The van der Waals surface area contributed by atoms with Crippen LogP contribution >= 0.6 is 34.5 Å². The fraction of sp³-hybridized carbons (Fsp3) is 0.500. The molecule has 1 amide bonds. The number of aromatic nitrogens is 3. The number of hydrogen-bond donors (Lipinski definition) is 0. The summed E-state index contributed by atoms with van der Waals surface area (Å²) in [5.41, 5.74) is -0.474. The molecular formula is C28H34Cl2FN5O4S. The standard InChI is InChI=1S/C28H34Cl2FN5O4S/c1-15(2)35(8)23-10-16(9-22(30)32-23)24-33-34-25(41-24)18-11-20(31)21(12-19(18)29)38-13-17-14-39-28(6,7)36(17)26(37)40-27(3,4)5/h9-12,15,17H,13-14H2,1-8H3/t17-/m0/s1. The van der Waals surface area contributed by atoms with Gasteiger partial charge in [0, 0.05) is 30.3 Å². The second kappa shape index (κ2) is 11.9. The maximum Gasteiger partial charge on any atom is 0.413 e. The van der Waals surface area contributed by atoms with Crippen LogP contribution in [0, 0.1) is 5.82 Å². The summed E-state index contributed by atoms with van der Waals surface area (Å²) in [6, 6.07) is 5.97. The van der Waals surface area contributed by atoms with Crippen molar-refractivity contribution >= 4 is 46.4 Å². The van der Waals surface area contributed by atoms with E-state index in [0.29, 0.717) is 26.5 Å². The van der Waals surface area contributed by atoms with Gasteiger partial charge in [-0.2, -0.15) is 0 Å². The number of halogens is 3. The van der Waals surface area contributed by atoms with Gasteiger partial charge in [0.1, 0.15) is 38.9 Å². The molecule has 4 rings (SSSR count). The maximum absolute atomic E-state index is 15.2. The molecule has 0 bridgehead atoms. The van der Waals surface area contributed by atoms with Gasteiger partial charge in [0.2, 0.25) is 0 Å². The Labute approximate surface area is 253 Å². The Balaban J connectivity index is 1.52. The number of carbonyl (C=O) groups excluding carboxylic acids is 1. The fourth-order valence-electron chi connectivity index (χ4n) is 4.18. The van der Waals surface area contributed by atoms with Gasteiger partial charge in [-0.25, -0.2) is 14.2 Å². The summed E-state index contributed by atoms with van der Waals surface area (Å²) < 4.78 is 32.4. The van der Waals surface area contributed by atoms with Gasteiger partial charge in [0.25, 0.3) is 0 Å². The van der Waals surface area contributed by atoms with Crippen LogP contribution in [0.1, 0.15) is 48.5 Å². The van der Waals surface area contributed by atoms with Crippen molar-refractivity contribution in [3.8, 4) is 26.9 Å². The summed E-state index contributed by atoms with van der Waals surface area (Å²) in [6.07, 6.45) is -0.534. The molecule has 1 aliphatic rings. The monoisotopic (exact) mass is 625 g/mol. The fourth-order valence-corrected chi connectivity index (χ4v) is 5.54. The van der Waals surface area contributed by atoms with Gasteiger partial charge < -0.3 is 19.1 Å². The summed E-state index contributed by atoms with van der Waals surface area (Å²) in [5.74, 6) is 0.0154. The first-order chi connectivity index (χ1) is 19.1. The Morgan fingerprint density at radius 1 is 1.22 bits per heavy atom. The van der Waals surface area contributed by atoms with Crippen LogP contribution in [-0.4, -0.2) is 69.8 Å². The van der Waals surface area contributed by atoms with Crippen LogP contribution in [0.15, 0.2) is 24.3 Å². The van der Waals surface area contributed by atoms with Crippen molar-refractivity contribution < 1.29 is 23.4 Å². The van der Waals surface area contributed by atoms with E-state index in [2.05, 4.69) is 29.0 Å². The van der Waals surface area contributed by atoms with Crippen LogP contribution in [0.3, 0.4) is 0 Å². The molecule has 1 atom stereocenters. The first-order valence-corrected chi connectivity index (χ1v) is 14.7. The van der Waals surface area contributed by atoms with Crippen molar-refractivity contribution in [1.82, 2.24) is 20.1 Å². The third-order valence-corrected chi connectivity index (χ3v) is 7.95. The van der Waals surface area contributed by atoms with E-state index in [4.69, 9.17) is 37.4 Å². The average Bonchev–Trinajstić information content (AvgIpc) is 3.46. The lowest BCUT2D eigenvalue weighted by molar-refractivity contribution is -0.0637. The van der Waals surface area contributed by atoms with Crippen molar-refractivity contribution in [2.24, 2.45) is 0 Å². The molecule has 1 aromatic carbocycles. The van der Waals surface area contributed by atoms with Gasteiger partial charge in [0.05, 0.1) is 17.7 Å². The van der Waals surface area contributed by atoms with Crippen LogP contribution in [0.25, 0.3) is 21.1 Å². The van der Waals surface area contributed by atoms with Gasteiger partial charge in [-0.1, -0.05) is 34.5 Å². The van der Waals surface area contributed by atoms with Crippen LogP contribution in [0.2, 0.25) is 10.2 Å². The van der Waals surface area contributed by atoms with Crippen LogP contribution in [0.5, 0.6) is 5.75 Å². The van der Waals surface area contributed by atoms with Crippen molar-refractivity contribution in [2.45, 2.75) is 71.9 Å². The molecule has 2 aromatic heterocycles.